The number of benzene rings is 2. The predicted molar refractivity (Wildman–Crippen MR) is 152 cm³/mol. The zero-order valence-corrected chi connectivity index (χ0v) is 22.3. The van der Waals surface area contributed by atoms with Gasteiger partial charge in [-0.15, -0.1) is 0 Å². The Morgan fingerprint density at radius 2 is 1.70 bits per heavy atom. The normalized spacial score (nSPS) is 19.3. The Balaban J connectivity index is 1.20. The number of fused-ring (bicyclic) bond motifs is 1. The van der Waals surface area contributed by atoms with Crippen molar-refractivity contribution in [1.82, 2.24) is 14.7 Å². The lowest BCUT2D eigenvalue weighted by Gasteiger charge is -2.38. The fraction of sp³-hybridized carbons (Fsp3) is 0.355. The van der Waals surface area contributed by atoms with Crippen LogP contribution >= 0.6 is 0 Å². The largest absolute Gasteiger partial charge is 0.457 e. The number of nitrogens with one attached hydrogen (secondary N) is 1. The first-order valence-corrected chi connectivity index (χ1v) is 13.9. The van der Waals surface area contributed by atoms with E-state index in [1.807, 2.05) is 70.3 Å². The van der Waals surface area contributed by atoms with E-state index >= 15 is 0 Å². The highest BCUT2D eigenvalue weighted by molar-refractivity contribution is 6.04. The first-order chi connectivity index (χ1) is 19.5. The Bertz CT molecular complexity index is 1480. The summed E-state index contributed by atoms with van der Waals surface area (Å²) >= 11 is 0. The Hall–Kier alpha value is -4.58. The van der Waals surface area contributed by atoms with E-state index in [9.17, 15) is 9.59 Å². The van der Waals surface area contributed by atoms with E-state index in [1.165, 1.54) is 0 Å². The fourth-order valence-electron chi connectivity index (χ4n) is 5.77. The topological polar surface area (TPSA) is 107 Å². The summed E-state index contributed by atoms with van der Waals surface area (Å²) in [5, 5.41) is 8.29. The van der Waals surface area contributed by atoms with Crippen LogP contribution in [0, 0.1) is 18.4 Å². The van der Waals surface area contributed by atoms with Gasteiger partial charge in [-0.1, -0.05) is 24.3 Å². The molecule has 0 spiro atoms. The number of hydrogen-bond donors (Lipinski definition) is 2. The number of hydrogen-bond acceptors (Lipinski definition) is 5. The average molecular weight is 537 g/mol. The Morgan fingerprint density at radius 3 is 2.35 bits per heavy atom. The SMILES string of the molecule is [C-]#[N+]/C(=C\C1CC1)C(=O)N1CCC(C2CCNc3c(C(N)=O)c(-c4ccc(Oc5ccccc5)cc4)nn32)CC1. The molecule has 0 bridgehead atoms. The number of anilines is 1. The molecule has 1 aromatic heterocycles. The minimum atomic E-state index is -0.524. The van der Waals surface area contributed by atoms with E-state index in [0.717, 1.165) is 43.4 Å². The van der Waals surface area contributed by atoms with Gasteiger partial charge in [0, 0.05) is 25.2 Å². The summed E-state index contributed by atoms with van der Waals surface area (Å²) in [6.45, 7) is 9.38. The third-order valence-electron chi connectivity index (χ3n) is 8.04. The molecule has 2 amide bonds. The number of primary amides is 1. The minimum absolute atomic E-state index is 0.0865. The number of likely N-dealkylation sites (tertiary alicyclic amines) is 1. The van der Waals surface area contributed by atoms with E-state index in [0.29, 0.717) is 54.3 Å². The summed E-state index contributed by atoms with van der Waals surface area (Å²) < 4.78 is 7.85. The van der Waals surface area contributed by atoms with Gasteiger partial charge in [-0.3, -0.25) is 9.59 Å². The molecular formula is C31H32N6O3. The van der Waals surface area contributed by atoms with Gasteiger partial charge >= 0.3 is 0 Å². The van der Waals surface area contributed by atoms with Crippen LogP contribution in [0.1, 0.15) is 48.5 Å². The van der Waals surface area contributed by atoms with Gasteiger partial charge in [0.15, 0.2) is 0 Å². The molecule has 3 aromatic rings. The molecule has 0 radical (unpaired) electrons. The molecule has 1 atom stereocenters. The van der Waals surface area contributed by atoms with Gasteiger partial charge in [0.05, 0.1) is 12.6 Å². The fourth-order valence-corrected chi connectivity index (χ4v) is 5.77. The second-order valence-electron chi connectivity index (χ2n) is 10.7. The maximum Gasteiger partial charge on any atom is 0.254 e. The van der Waals surface area contributed by atoms with Gasteiger partial charge in [-0.25, -0.2) is 9.53 Å². The van der Waals surface area contributed by atoms with Gasteiger partial charge in [0.1, 0.15) is 28.6 Å². The molecule has 3 N–H and O–H groups in total. The number of rotatable bonds is 7. The summed E-state index contributed by atoms with van der Waals surface area (Å²) in [6.07, 6.45) is 6.48. The highest BCUT2D eigenvalue weighted by Crippen LogP contribution is 2.40. The van der Waals surface area contributed by atoms with Crippen LogP contribution in [0.4, 0.5) is 5.82 Å². The number of aromatic nitrogens is 2. The second-order valence-corrected chi connectivity index (χ2v) is 10.7. The smallest absolute Gasteiger partial charge is 0.254 e. The molecule has 9 heteroatoms. The summed E-state index contributed by atoms with van der Waals surface area (Å²) in [7, 11) is 0. The third kappa shape index (κ3) is 5.17. The molecule has 1 saturated carbocycles. The molecule has 9 nitrogen and oxygen atoms in total. The summed E-state index contributed by atoms with van der Waals surface area (Å²) in [6, 6.07) is 17.1. The second kappa shape index (κ2) is 10.9. The van der Waals surface area contributed by atoms with Gasteiger partial charge in [0.2, 0.25) is 5.70 Å². The molecule has 6 rings (SSSR count). The molecule has 1 saturated heterocycles. The molecule has 40 heavy (non-hydrogen) atoms. The standard InChI is InChI=1S/C31H32N6O3/c1-33-25(19-20-7-8-20)31(39)36-17-14-21(15-18-36)26-13-16-34-30-27(29(32)38)28(35-37(26)30)22-9-11-24(12-10-22)40-23-5-3-2-4-6-23/h2-6,9-12,19-21,26,34H,7-8,13-18H2,(H2,32,38)/b25-19-. The summed E-state index contributed by atoms with van der Waals surface area (Å²) in [4.78, 5) is 30.9. The van der Waals surface area contributed by atoms with Crippen molar-refractivity contribution in [2.24, 2.45) is 17.6 Å². The molecule has 2 aliphatic heterocycles. The number of carbonyl (C=O) groups excluding carboxylic acids is 2. The van der Waals surface area contributed by atoms with Crippen molar-refractivity contribution in [2.45, 2.75) is 38.1 Å². The van der Waals surface area contributed by atoms with Crippen molar-refractivity contribution in [3.63, 3.8) is 0 Å². The van der Waals surface area contributed by atoms with E-state index in [4.69, 9.17) is 22.1 Å². The van der Waals surface area contributed by atoms with E-state index in [-0.39, 0.29) is 17.6 Å². The van der Waals surface area contributed by atoms with Crippen molar-refractivity contribution in [1.29, 1.82) is 0 Å². The zero-order valence-electron chi connectivity index (χ0n) is 22.3. The van der Waals surface area contributed by atoms with Crippen LogP contribution in [0.15, 0.2) is 66.4 Å². The number of nitrogens with two attached hydrogens (primary N) is 1. The Kier molecular flexibility index (Phi) is 6.99. The van der Waals surface area contributed by atoms with Gasteiger partial charge < -0.3 is 20.7 Å². The van der Waals surface area contributed by atoms with Crippen molar-refractivity contribution in [3.8, 4) is 22.8 Å². The number of ether oxygens (including phenoxy) is 1. The third-order valence-corrected chi connectivity index (χ3v) is 8.04. The maximum absolute atomic E-state index is 12.9. The number of nitrogens with zero attached hydrogens (tertiary/aromatic N) is 4. The van der Waals surface area contributed by atoms with Crippen molar-refractivity contribution in [2.75, 3.05) is 25.0 Å². The van der Waals surface area contributed by atoms with Crippen LogP contribution in [-0.2, 0) is 4.79 Å². The van der Waals surface area contributed by atoms with E-state index in [1.54, 1.807) is 0 Å². The highest BCUT2D eigenvalue weighted by atomic mass is 16.5. The highest BCUT2D eigenvalue weighted by Gasteiger charge is 2.36. The molecule has 3 heterocycles. The molecule has 3 aliphatic rings. The lowest BCUT2D eigenvalue weighted by molar-refractivity contribution is -0.128. The summed E-state index contributed by atoms with van der Waals surface area (Å²) in [5.74, 6) is 2.10. The lowest BCUT2D eigenvalue weighted by atomic mass is 9.86. The van der Waals surface area contributed by atoms with Crippen LogP contribution in [0.3, 0.4) is 0 Å². The number of piperidine rings is 1. The number of amides is 2. The maximum atomic E-state index is 12.9. The molecule has 2 aromatic carbocycles. The first-order valence-electron chi connectivity index (χ1n) is 13.9. The number of para-hydroxylation sites is 1. The van der Waals surface area contributed by atoms with Gasteiger partial charge in [-0.2, -0.15) is 5.10 Å². The van der Waals surface area contributed by atoms with Crippen molar-refractivity contribution in [3.05, 3.63) is 83.4 Å². The molecule has 1 unspecified atom stereocenters. The summed E-state index contributed by atoms with van der Waals surface area (Å²) in [5.41, 5.74) is 7.86. The first kappa shape index (κ1) is 25.7. The van der Waals surface area contributed by atoms with E-state index in [2.05, 4.69) is 10.2 Å². The molecule has 204 valence electrons. The van der Waals surface area contributed by atoms with Crippen molar-refractivity contribution >= 4 is 17.6 Å². The van der Waals surface area contributed by atoms with Crippen molar-refractivity contribution < 1.29 is 14.3 Å². The quantitative estimate of drug-likeness (QED) is 0.317. The Labute approximate surface area is 233 Å². The van der Waals surface area contributed by atoms with Gasteiger partial charge in [0.25, 0.3) is 11.8 Å². The van der Waals surface area contributed by atoms with Crippen LogP contribution in [0.2, 0.25) is 0 Å². The van der Waals surface area contributed by atoms with Gasteiger partial charge in [-0.05, 0) is 80.3 Å². The lowest BCUT2D eigenvalue weighted by Crippen LogP contribution is -2.42. The van der Waals surface area contributed by atoms with Crippen LogP contribution in [0.25, 0.3) is 16.1 Å². The zero-order chi connectivity index (χ0) is 27.6. The minimum Gasteiger partial charge on any atom is -0.457 e. The molecule has 1 aliphatic carbocycles. The van der Waals surface area contributed by atoms with E-state index < -0.39 is 5.91 Å². The number of carbonyl (C=O) groups is 2. The average Bonchev–Trinajstić information content (AvgIpc) is 3.72. The monoisotopic (exact) mass is 536 g/mol. The number of allylic oxidation sites excluding steroid dienone is 1. The predicted octanol–water partition coefficient (Wildman–Crippen LogP) is 5.25. The Morgan fingerprint density at radius 1 is 1.00 bits per heavy atom. The van der Waals surface area contributed by atoms with Crippen LogP contribution in [0.5, 0.6) is 11.5 Å². The molecular weight excluding hydrogens is 504 g/mol. The van der Waals surface area contributed by atoms with Crippen LogP contribution in [-0.4, -0.2) is 46.1 Å². The van der Waals surface area contributed by atoms with Crippen LogP contribution < -0.4 is 15.8 Å². The molecule has 2 fully saturated rings.